The Balaban J connectivity index is 3.19. The van der Waals surface area contributed by atoms with Gasteiger partial charge in [-0.3, -0.25) is 0 Å². The Morgan fingerprint density at radius 2 is 2.00 bits per heavy atom. The van der Waals surface area contributed by atoms with E-state index in [1.54, 1.807) is 19.9 Å². The van der Waals surface area contributed by atoms with Gasteiger partial charge in [0, 0.05) is 5.92 Å². The molecule has 94 valence electrons. The van der Waals surface area contributed by atoms with Crippen LogP contribution < -0.4 is 0 Å². The Morgan fingerprint density at radius 1 is 1.35 bits per heavy atom. The summed E-state index contributed by atoms with van der Waals surface area (Å²) < 4.78 is 38.3. The molecule has 1 atom stereocenters. The van der Waals surface area contributed by atoms with Crippen molar-refractivity contribution in [1.29, 1.82) is 0 Å². The van der Waals surface area contributed by atoms with Crippen molar-refractivity contribution < 1.29 is 18.0 Å². The lowest BCUT2D eigenvalue weighted by atomic mass is 9.92. The molecule has 0 aliphatic carbocycles. The highest BCUT2D eigenvalue weighted by Crippen LogP contribution is 2.34. The van der Waals surface area contributed by atoms with Crippen LogP contribution in [0.5, 0.6) is 0 Å². The van der Waals surface area contributed by atoms with Crippen LogP contribution in [-0.4, -0.2) is 6.29 Å². The second-order valence-electron chi connectivity index (χ2n) is 4.11. The molecule has 0 radical (unpaired) electrons. The van der Waals surface area contributed by atoms with E-state index in [0.29, 0.717) is 24.0 Å². The molecule has 0 saturated heterocycles. The molecule has 1 unspecified atom stereocenters. The predicted octanol–water partition coefficient (Wildman–Crippen LogP) is 3.65. The Morgan fingerprint density at radius 3 is 2.47 bits per heavy atom. The van der Waals surface area contributed by atoms with Crippen LogP contribution in [0, 0.1) is 5.92 Å². The molecule has 0 fully saturated rings. The van der Waals surface area contributed by atoms with Gasteiger partial charge in [0.25, 0.3) is 0 Å². The van der Waals surface area contributed by atoms with Gasteiger partial charge in [-0.1, -0.05) is 26.0 Å². The summed E-state index contributed by atoms with van der Waals surface area (Å²) in [6, 6.07) is 4.15. The number of carbonyl (C=O) groups is 1. The molecule has 17 heavy (non-hydrogen) atoms. The summed E-state index contributed by atoms with van der Waals surface area (Å²) in [5.74, 6) is -0.260. The number of halogens is 3. The number of alkyl halides is 3. The van der Waals surface area contributed by atoms with Crippen molar-refractivity contribution >= 4 is 6.29 Å². The van der Waals surface area contributed by atoms with Gasteiger partial charge in [0.2, 0.25) is 0 Å². The first-order valence-electron chi connectivity index (χ1n) is 5.53. The lowest BCUT2D eigenvalue weighted by Crippen LogP contribution is -2.12. The van der Waals surface area contributed by atoms with Crippen LogP contribution in [0.25, 0.3) is 0 Å². The molecule has 1 rings (SSSR count). The minimum atomic E-state index is -4.33. The smallest absolute Gasteiger partial charge is 0.303 e. The summed E-state index contributed by atoms with van der Waals surface area (Å²) in [7, 11) is 0. The van der Waals surface area contributed by atoms with Crippen molar-refractivity contribution in [2.24, 2.45) is 5.92 Å². The van der Waals surface area contributed by atoms with E-state index in [2.05, 4.69) is 0 Å². The number of hydrogen-bond donors (Lipinski definition) is 0. The first kappa shape index (κ1) is 13.7. The minimum absolute atomic E-state index is 0.260. The zero-order valence-corrected chi connectivity index (χ0v) is 9.84. The third-order valence-electron chi connectivity index (χ3n) is 2.71. The molecular weight excluding hydrogens is 229 g/mol. The van der Waals surface area contributed by atoms with Gasteiger partial charge in [0.15, 0.2) is 0 Å². The maximum Gasteiger partial charge on any atom is 0.416 e. The minimum Gasteiger partial charge on any atom is -0.303 e. The monoisotopic (exact) mass is 244 g/mol. The van der Waals surface area contributed by atoms with E-state index in [-0.39, 0.29) is 5.92 Å². The molecule has 0 heterocycles. The fraction of sp³-hybridized carbons (Fsp3) is 0.462. The molecule has 4 heteroatoms. The number of aldehydes is 1. The van der Waals surface area contributed by atoms with Crippen LogP contribution in [-0.2, 0) is 23.8 Å². The van der Waals surface area contributed by atoms with Gasteiger partial charge in [0.05, 0.1) is 5.56 Å². The van der Waals surface area contributed by atoms with Gasteiger partial charge < -0.3 is 4.79 Å². The van der Waals surface area contributed by atoms with Gasteiger partial charge in [-0.05, 0) is 30.0 Å². The molecule has 0 aliphatic heterocycles. The highest BCUT2D eigenvalue weighted by atomic mass is 19.4. The van der Waals surface area contributed by atoms with Gasteiger partial charge in [-0.2, -0.15) is 13.2 Å². The average molecular weight is 244 g/mol. The number of benzene rings is 1. The van der Waals surface area contributed by atoms with E-state index in [0.717, 1.165) is 12.4 Å². The van der Waals surface area contributed by atoms with E-state index in [1.165, 1.54) is 6.07 Å². The highest BCUT2D eigenvalue weighted by molar-refractivity contribution is 5.54. The van der Waals surface area contributed by atoms with Crippen molar-refractivity contribution in [3.8, 4) is 0 Å². The largest absolute Gasteiger partial charge is 0.416 e. The summed E-state index contributed by atoms with van der Waals surface area (Å²) >= 11 is 0. The Labute approximate surface area is 98.6 Å². The van der Waals surface area contributed by atoms with Crippen LogP contribution in [0.4, 0.5) is 13.2 Å². The van der Waals surface area contributed by atoms with Gasteiger partial charge in [0.1, 0.15) is 6.29 Å². The van der Waals surface area contributed by atoms with Gasteiger partial charge >= 0.3 is 6.18 Å². The molecule has 0 spiro atoms. The Kier molecular flexibility index (Phi) is 4.32. The summed E-state index contributed by atoms with van der Waals surface area (Å²) in [5, 5.41) is 0. The molecule has 0 bridgehead atoms. The van der Waals surface area contributed by atoms with Crippen LogP contribution in [0.3, 0.4) is 0 Å². The van der Waals surface area contributed by atoms with Crippen LogP contribution in [0.2, 0.25) is 0 Å². The van der Waals surface area contributed by atoms with Gasteiger partial charge in [-0.25, -0.2) is 0 Å². The normalized spacial score (nSPS) is 13.5. The number of rotatable bonds is 4. The van der Waals surface area contributed by atoms with E-state index < -0.39 is 11.7 Å². The first-order chi connectivity index (χ1) is 7.90. The highest BCUT2D eigenvalue weighted by Gasteiger charge is 2.33. The molecular formula is C13H15F3O. The van der Waals surface area contributed by atoms with Crippen molar-refractivity contribution in [2.45, 2.75) is 32.9 Å². The van der Waals surface area contributed by atoms with Gasteiger partial charge in [-0.15, -0.1) is 0 Å². The van der Waals surface area contributed by atoms with Crippen molar-refractivity contribution in [2.75, 3.05) is 0 Å². The fourth-order valence-electron chi connectivity index (χ4n) is 1.90. The third-order valence-corrected chi connectivity index (χ3v) is 2.71. The summed E-state index contributed by atoms with van der Waals surface area (Å²) in [6.07, 6.45) is -2.89. The Hall–Kier alpha value is -1.32. The molecule has 1 aromatic carbocycles. The molecule has 0 N–H and O–H groups in total. The van der Waals surface area contributed by atoms with Crippen molar-refractivity contribution in [3.05, 3.63) is 34.9 Å². The van der Waals surface area contributed by atoms with Crippen molar-refractivity contribution in [1.82, 2.24) is 0 Å². The first-order valence-corrected chi connectivity index (χ1v) is 5.53. The predicted molar refractivity (Wildman–Crippen MR) is 59.8 cm³/mol. The topological polar surface area (TPSA) is 17.1 Å². The molecule has 1 nitrogen and oxygen atoms in total. The molecule has 0 saturated carbocycles. The summed E-state index contributed by atoms with van der Waals surface area (Å²) in [5.41, 5.74) is 0.325. The molecule has 0 aromatic heterocycles. The van der Waals surface area contributed by atoms with Crippen molar-refractivity contribution in [3.63, 3.8) is 0 Å². The second-order valence-corrected chi connectivity index (χ2v) is 4.11. The summed E-state index contributed by atoms with van der Waals surface area (Å²) in [6.45, 7) is 3.40. The Bertz CT molecular complexity index is 396. The van der Waals surface area contributed by atoms with Crippen LogP contribution in [0.15, 0.2) is 18.2 Å². The molecule has 1 aromatic rings. The van der Waals surface area contributed by atoms with E-state index >= 15 is 0 Å². The maximum atomic E-state index is 12.8. The lowest BCUT2D eigenvalue weighted by molar-refractivity contribution is -0.138. The SMILES string of the molecule is CCc1c(CC(C)C=O)cccc1C(F)(F)F. The van der Waals surface area contributed by atoms with Crippen LogP contribution in [0.1, 0.15) is 30.5 Å². The fourth-order valence-corrected chi connectivity index (χ4v) is 1.90. The lowest BCUT2D eigenvalue weighted by Gasteiger charge is -2.16. The molecule has 0 amide bonds. The zero-order valence-electron chi connectivity index (χ0n) is 9.84. The molecule has 0 aliphatic rings. The second kappa shape index (κ2) is 5.34. The van der Waals surface area contributed by atoms with Crippen LogP contribution >= 0.6 is 0 Å². The number of carbonyl (C=O) groups excluding carboxylic acids is 1. The maximum absolute atomic E-state index is 12.8. The quantitative estimate of drug-likeness (QED) is 0.739. The number of hydrogen-bond acceptors (Lipinski definition) is 1. The van der Waals surface area contributed by atoms with E-state index in [1.807, 2.05) is 0 Å². The standard InChI is InChI=1S/C13H15F3O/c1-3-11-10(7-9(2)8-17)5-4-6-12(11)13(14,15)16/h4-6,8-9H,3,7H2,1-2H3. The third kappa shape index (κ3) is 3.32. The van der Waals surface area contributed by atoms with E-state index in [9.17, 15) is 18.0 Å². The zero-order chi connectivity index (χ0) is 13.1. The average Bonchev–Trinajstić information content (AvgIpc) is 2.27. The summed E-state index contributed by atoms with van der Waals surface area (Å²) in [4.78, 5) is 10.6. The van der Waals surface area contributed by atoms with E-state index in [4.69, 9.17) is 0 Å².